The molecule has 3 aliphatic rings. The third kappa shape index (κ3) is 1.73. The van der Waals surface area contributed by atoms with Gasteiger partial charge in [0.05, 0.1) is 22.4 Å². The van der Waals surface area contributed by atoms with Crippen LogP contribution in [0.15, 0.2) is 47.6 Å². The quantitative estimate of drug-likeness (QED) is 0.669. The van der Waals surface area contributed by atoms with E-state index in [9.17, 15) is 8.42 Å². The lowest BCUT2D eigenvalue weighted by Gasteiger charge is -2.18. The van der Waals surface area contributed by atoms with Gasteiger partial charge in [-0.1, -0.05) is 30.4 Å². The predicted octanol–water partition coefficient (Wildman–Crippen LogP) is 2.07. The number of sulfone groups is 1. The molecule has 5 heteroatoms. The molecular weight excluding hydrogens is 272 g/mol. The molecule has 4 rings (SSSR count). The highest BCUT2D eigenvalue weighted by Gasteiger charge is 2.57. The van der Waals surface area contributed by atoms with E-state index in [1.807, 2.05) is 30.3 Å². The second-order valence-electron chi connectivity index (χ2n) is 5.83. The van der Waals surface area contributed by atoms with Crippen molar-refractivity contribution in [1.29, 1.82) is 0 Å². The fourth-order valence-electron chi connectivity index (χ4n) is 3.86. The minimum Gasteiger partial charge on any atom is -0.279 e. The van der Waals surface area contributed by atoms with E-state index in [4.69, 9.17) is 0 Å². The number of anilines is 1. The molecule has 0 amide bonds. The summed E-state index contributed by atoms with van der Waals surface area (Å²) in [5.41, 5.74) is 4.69. The standard InChI is InChI=1S/C15H16N2O2S/c18-20(19)9-13(17-16-12-4-2-1-3-5-12)14-10-6-7-11(8-10)15(14)20/h1-7,10-11,14-16H,8-9H2/b17-13-/t10-,11-,14+,15-/m0/s1. The van der Waals surface area contributed by atoms with E-state index in [0.717, 1.165) is 17.8 Å². The summed E-state index contributed by atoms with van der Waals surface area (Å²) in [4.78, 5) is 0. The summed E-state index contributed by atoms with van der Waals surface area (Å²) in [5.74, 6) is 0.765. The molecule has 2 bridgehead atoms. The average Bonchev–Trinajstić information content (AvgIpc) is 3.10. The summed E-state index contributed by atoms with van der Waals surface area (Å²) in [6.07, 6.45) is 5.22. The molecule has 1 N–H and O–H groups in total. The molecule has 1 aliphatic heterocycles. The number of rotatable bonds is 2. The first-order chi connectivity index (χ1) is 9.65. The summed E-state index contributed by atoms with van der Waals surface area (Å²) in [6, 6.07) is 9.64. The Morgan fingerprint density at radius 3 is 2.65 bits per heavy atom. The van der Waals surface area contributed by atoms with Gasteiger partial charge in [-0.2, -0.15) is 5.10 Å². The molecule has 1 saturated heterocycles. The number of benzene rings is 1. The normalized spacial score (nSPS) is 38.3. The van der Waals surface area contributed by atoms with Crippen LogP contribution in [-0.4, -0.2) is 25.1 Å². The van der Waals surface area contributed by atoms with Gasteiger partial charge in [-0.05, 0) is 30.4 Å². The van der Waals surface area contributed by atoms with Crippen LogP contribution in [0, 0.1) is 17.8 Å². The van der Waals surface area contributed by atoms with Gasteiger partial charge in [0.25, 0.3) is 0 Å². The molecule has 4 atom stereocenters. The highest BCUT2D eigenvalue weighted by molar-refractivity contribution is 7.93. The number of hydrazone groups is 1. The van der Waals surface area contributed by atoms with Crippen LogP contribution in [-0.2, 0) is 9.84 Å². The van der Waals surface area contributed by atoms with Crippen LogP contribution < -0.4 is 5.43 Å². The van der Waals surface area contributed by atoms with E-state index in [-0.39, 0.29) is 22.8 Å². The van der Waals surface area contributed by atoms with Crippen molar-refractivity contribution < 1.29 is 8.42 Å². The summed E-state index contributed by atoms with van der Waals surface area (Å²) in [5, 5.41) is 4.18. The van der Waals surface area contributed by atoms with Crippen LogP contribution in [0.3, 0.4) is 0 Å². The Bertz CT molecular complexity index is 694. The molecule has 0 unspecified atom stereocenters. The number of para-hydroxylation sites is 1. The Hall–Kier alpha value is -1.62. The van der Waals surface area contributed by atoms with Gasteiger partial charge in [0.15, 0.2) is 9.84 Å². The molecule has 0 radical (unpaired) electrons. The van der Waals surface area contributed by atoms with Gasteiger partial charge in [-0.15, -0.1) is 0 Å². The highest BCUT2D eigenvalue weighted by atomic mass is 32.2. The first-order valence-electron chi connectivity index (χ1n) is 6.92. The monoisotopic (exact) mass is 288 g/mol. The van der Waals surface area contributed by atoms with E-state index in [2.05, 4.69) is 22.7 Å². The van der Waals surface area contributed by atoms with Crippen molar-refractivity contribution in [3.63, 3.8) is 0 Å². The molecule has 0 spiro atoms. The number of allylic oxidation sites excluding steroid dienone is 2. The summed E-state index contributed by atoms with van der Waals surface area (Å²) in [6.45, 7) is 0. The Balaban J connectivity index is 1.65. The van der Waals surface area contributed by atoms with Crippen molar-refractivity contribution in [3.05, 3.63) is 42.5 Å². The average molecular weight is 288 g/mol. The molecule has 1 aromatic rings. The van der Waals surface area contributed by atoms with Crippen LogP contribution >= 0.6 is 0 Å². The second kappa shape index (κ2) is 4.19. The minimum absolute atomic E-state index is 0.0891. The molecule has 104 valence electrons. The Kier molecular flexibility index (Phi) is 2.54. The van der Waals surface area contributed by atoms with Gasteiger partial charge < -0.3 is 0 Å². The molecule has 1 heterocycles. The van der Waals surface area contributed by atoms with Gasteiger partial charge in [0.1, 0.15) is 0 Å². The highest BCUT2D eigenvalue weighted by Crippen LogP contribution is 2.51. The van der Waals surface area contributed by atoms with Crippen LogP contribution in [0.1, 0.15) is 6.42 Å². The summed E-state index contributed by atoms with van der Waals surface area (Å²) >= 11 is 0. The van der Waals surface area contributed by atoms with Crippen LogP contribution in [0.2, 0.25) is 0 Å². The molecule has 1 saturated carbocycles. The van der Waals surface area contributed by atoms with Crippen molar-refractivity contribution >= 4 is 21.2 Å². The van der Waals surface area contributed by atoms with Gasteiger partial charge in [-0.3, -0.25) is 5.43 Å². The fourth-order valence-corrected chi connectivity index (χ4v) is 6.26. The third-order valence-corrected chi connectivity index (χ3v) is 6.81. The molecule has 2 fully saturated rings. The first-order valence-corrected chi connectivity index (χ1v) is 8.64. The fraction of sp³-hybridized carbons (Fsp3) is 0.400. The maximum atomic E-state index is 12.3. The third-order valence-electron chi connectivity index (χ3n) is 4.64. The van der Waals surface area contributed by atoms with Crippen LogP contribution in [0.4, 0.5) is 5.69 Å². The molecule has 20 heavy (non-hydrogen) atoms. The smallest absolute Gasteiger partial charge is 0.159 e. The van der Waals surface area contributed by atoms with Gasteiger partial charge in [0, 0.05) is 5.92 Å². The van der Waals surface area contributed by atoms with Gasteiger partial charge in [0.2, 0.25) is 0 Å². The maximum Gasteiger partial charge on any atom is 0.159 e. The molecule has 4 nitrogen and oxygen atoms in total. The van der Waals surface area contributed by atoms with Crippen molar-refractivity contribution in [2.75, 3.05) is 11.2 Å². The zero-order valence-electron chi connectivity index (χ0n) is 10.9. The van der Waals surface area contributed by atoms with E-state index < -0.39 is 9.84 Å². The number of hydrogen-bond acceptors (Lipinski definition) is 4. The number of nitrogens with one attached hydrogen (secondary N) is 1. The maximum absolute atomic E-state index is 12.3. The SMILES string of the molecule is O=S1(=O)C/C(=N/Nc2ccccc2)[C@@H]2[C@@H]1[C@H]1C=C[C@H]2C1. The lowest BCUT2D eigenvalue weighted by molar-refractivity contribution is 0.551. The molecular formula is C15H16N2O2S. The summed E-state index contributed by atoms with van der Waals surface area (Å²) in [7, 11) is -3.03. The van der Waals surface area contributed by atoms with E-state index in [1.165, 1.54) is 0 Å². The summed E-state index contributed by atoms with van der Waals surface area (Å²) < 4.78 is 24.6. The first kappa shape index (κ1) is 12.1. The Morgan fingerprint density at radius 2 is 1.85 bits per heavy atom. The Labute approximate surface area is 118 Å². The zero-order valence-corrected chi connectivity index (χ0v) is 11.8. The Morgan fingerprint density at radius 1 is 1.10 bits per heavy atom. The van der Waals surface area contributed by atoms with Gasteiger partial charge in [-0.25, -0.2) is 8.42 Å². The van der Waals surface area contributed by atoms with Crippen LogP contribution in [0.5, 0.6) is 0 Å². The van der Waals surface area contributed by atoms with E-state index in [0.29, 0.717) is 5.92 Å². The van der Waals surface area contributed by atoms with Gasteiger partial charge >= 0.3 is 0 Å². The largest absolute Gasteiger partial charge is 0.279 e. The predicted molar refractivity (Wildman–Crippen MR) is 79.3 cm³/mol. The van der Waals surface area contributed by atoms with E-state index >= 15 is 0 Å². The molecule has 1 aromatic carbocycles. The van der Waals surface area contributed by atoms with Crippen LogP contribution in [0.25, 0.3) is 0 Å². The number of fused-ring (bicyclic) bond motifs is 5. The molecule has 0 aromatic heterocycles. The van der Waals surface area contributed by atoms with Crippen molar-refractivity contribution in [3.8, 4) is 0 Å². The van der Waals surface area contributed by atoms with E-state index in [1.54, 1.807) is 0 Å². The van der Waals surface area contributed by atoms with Crippen molar-refractivity contribution in [2.24, 2.45) is 22.9 Å². The number of hydrogen-bond donors (Lipinski definition) is 1. The van der Waals surface area contributed by atoms with Crippen molar-refractivity contribution in [2.45, 2.75) is 11.7 Å². The molecule has 2 aliphatic carbocycles. The zero-order chi connectivity index (χ0) is 13.7. The van der Waals surface area contributed by atoms with Crippen molar-refractivity contribution in [1.82, 2.24) is 0 Å². The number of nitrogens with zero attached hydrogens (tertiary/aromatic N) is 1. The topological polar surface area (TPSA) is 58.5 Å². The second-order valence-corrected chi connectivity index (χ2v) is 7.99. The minimum atomic E-state index is -3.03. The lowest BCUT2D eigenvalue weighted by atomic mass is 9.90. The lowest BCUT2D eigenvalue weighted by Crippen LogP contribution is -2.28.